The van der Waals surface area contributed by atoms with E-state index in [1.807, 2.05) is 18.2 Å². The number of rotatable bonds is 4. The Labute approximate surface area is 114 Å². The van der Waals surface area contributed by atoms with Crippen LogP contribution in [0.25, 0.3) is 0 Å². The topological polar surface area (TPSA) is 21.3 Å². The molecule has 2 rings (SSSR count). The monoisotopic (exact) mass is 311 g/mol. The largest absolute Gasteiger partial charge is 0.495 e. The summed E-state index contributed by atoms with van der Waals surface area (Å²) < 4.78 is 6.38. The lowest BCUT2D eigenvalue weighted by molar-refractivity contribution is 0.416. The summed E-state index contributed by atoms with van der Waals surface area (Å²) in [5, 5.41) is 7.70. The number of benzene rings is 1. The molecule has 1 unspecified atom stereocenters. The maximum absolute atomic E-state index is 5.34. The van der Waals surface area contributed by atoms with Crippen molar-refractivity contribution in [2.24, 2.45) is 0 Å². The molecule has 0 aliphatic rings. The standard InChI is InChI=1S/C13H14BrNOS/c1-9(10-5-6-17-8-10)15-12-7-11(14)3-4-13(12)16-2/h3-9,15H,1-2H3. The number of hydrogen-bond acceptors (Lipinski definition) is 3. The Bertz CT molecular complexity index is 484. The smallest absolute Gasteiger partial charge is 0.142 e. The lowest BCUT2D eigenvalue weighted by atomic mass is 10.1. The molecule has 1 aromatic carbocycles. The van der Waals surface area contributed by atoms with E-state index in [0.29, 0.717) is 0 Å². The van der Waals surface area contributed by atoms with Gasteiger partial charge in [0.05, 0.1) is 12.8 Å². The fourth-order valence-corrected chi connectivity index (χ4v) is 2.75. The van der Waals surface area contributed by atoms with Crippen LogP contribution in [0.2, 0.25) is 0 Å². The van der Waals surface area contributed by atoms with Crippen LogP contribution in [0.1, 0.15) is 18.5 Å². The summed E-state index contributed by atoms with van der Waals surface area (Å²) in [6.45, 7) is 2.14. The quantitative estimate of drug-likeness (QED) is 0.884. The first-order valence-electron chi connectivity index (χ1n) is 5.33. The fourth-order valence-electron chi connectivity index (χ4n) is 1.63. The van der Waals surface area contributed by atoms with Crippen molar-refractivity contribution in [1.29, 1.82) is 0 Å². The lowest BCUT2D eigenvalue weighted by Gasteiger charge is -2.17. The molecule has 0 aliphatic carbocycles. The summed E-state index contributed by atoms with van der Waals surface area (Å²) in [6.07, 6.45) is 0. The van der Waals surface area contributed by atoms with Crippen molar-refractivity contribution in [3.05, 3.63) is 45.1 Å². The summed E-state index contributed by atoms with van der Waals surface area (Å²) in [7, 11) is 1.68. The van der Waals surface area contributed by atoms with Crippen LogP contribution in [0.3, 0.4) is 0 Å². The summed E-state index contributed by atoms with van der Waals surface area (Å²) in [4.78, 5) is 0. The van der Waals surface area contributed by atoms with Gasteiger partial charge in [0, 0.05) is 10.5 Å². The number of nitrogens with one attached hydrogen (secondary N) is 1. The molecule has 1 N–H and O–H groups in total. The lowest BCUT2D eigenvalue weighted by Crippen LogP contribution is -2.06. The molecule has 2 nitrogen and oxygen atoms in total. The molecule has 1 atom stereocenters. The Morgan fingerprint density at radius 1 is 1.35 bits per heavy atom. The van der Waals surface area contributed by atoms with Gasteiger partial charge in [0.25, 0.3) is 0 Å². The Hall–Kier alpha value is -1.00. The molecule has 0 aliphatic heterocycles. The molecule has 0 spiro atoms. The van der Waals surface area contributed by atoms with Crippen LogP contribution in [0, 0.1) is 0 Å². The van der Waals surface area contributed by atoms with Gasteiger partial charge in [-0.15, -0.1) is 0 Å². The van der Waals surface area contributed by atoms with Gasteiger partial charge >= 0.3 is 0 Å². The number of methoxy groups -OCH3 is 1. The van der Waals surface area contributed by atoms with Crippen molar-refractivity contribution in [1.82, 2.24) is 0 Å². The number of hydrogen-bond donors (Lipinski definition) is 1. The highest BCUT2D eigenvalue weighted by Gasteiger charge is 2.09. The highest BCUT2D eigenvalue weighted by atomic mass is 79.9. The van der Waals surface area contributed by atoms with E-state index in [-0.39, 0.29) is 6.04 Å². The van der Waals surface area contributed by atoms with E-state index < -0.39 is 0 Å². The minimum Gasteiger partial charge on any atom is -0.495 e. The molecule has 0 radical (unpaired) electrons. The number of halogens is 1. The van der Waals surface area contributed by atoms with Gasteiger partial charge in [0.15, 0.2) is 0 Å². The van der Waals surface area contributed by atoms with Crippen molar-refractivity contribution in [3.63, 3.8) is 0 Å². The summed E-state index contributed by atoms with van der Waals surface area (Å²) in [6, 6.07) is 8.35. The van der Waals surface area contributed by atoms with Crippen molar-refractivity contribution >= 4 is 33.0 Å². The molecule has 0 saturated heterocycles. The average molecular weight is 312 g/mol. The molecule has 90 valence electrons. The van der Waals surface area contributed by atoms with Crippen molar-refractivity contribution < 1.29 is 4.74 Å². The maximum atomic E-state index is 5.34. The van der Waals surface area contributed by atoms with E-state index in [2.05, 4.69) is 45.0 Å². The normalized spacial score (nSPS) is 12.2. The van der Waals surface area contributed by atoms with Gasteiger partial charge in [-0.2, -0.15) is 11.3 Å². The molecular formula is C13H14BrNOS. The third kappa shape index (κ3) is 3.01. The Morgan fingerprint density at radius 2 is 2.18 bits per heavy atom. The van der Waals surface area contributed by atoms with Gasteiger partial charge in [-0.3, -0.25) is 0 Å². The maximum Gasteiger partial charge on any atom is 0.142 e. The Balaban J connectivity index is 2.20. The van der Waals surface area contributed by atoms with Gasteiger partial charge in [0.1, 0.15) is 5.75 Å². The summed E-state index contributed by atoms with van der Waals surface area (Å²) in [5.74, 6) is 0.857. The number of anilines is 1. The predicted octanol–water partition coefficient (Wildman–Crippen LogP) is 4.69. The highest BCUT2D eigenvalue weighted by Crippen LogP contribution is 2.31. The zero-order chi connectivity index (χ0) is 12.3. The van der Waals surface area contributed by atoms with Crippen molar-refractivity contribution in [2.45, 2.75) is 13.0 Å². The zero-order valence-electron chi connectivity index (χ0n) is 9.74. The van der Waals surface area contributed by atoms with Crippen LogP contribution in [-0.4, -0.2) is 7.11 Å². The molecule has 0 bridgehead atoms. The highest BCUT2D eigenvalue weighted by molar-refractivity contribution is 9.10. The minimum atomic E-state index is 0.268. The van der Waals surface area contributed by atoms with Crippen LogP contribution in [-0.2, 0) is 0 Å². The molecule has 4 heteroatoms. The van der Waals surface area contributed by atoms with Gasteiger partial charge in [0.2, 0.25) is 0 Å². The SMILES string of the molecule is COc1ccc(Br)cc1NC(C)c1ccsc1. The van der Waals surface area contributed by atoms with Crippen LogP contribution in [0.4, 0.5) is 5.69 Å². The number of thiophene rings is 1. The van der Waals surface area contributed by atoms with Crippen molar-refractivity contribution in [3.8, 4) is 5.75 Å². The summed E-state index contributed by atoms with van der Waals surface area (Å²) in [5.41, 5.74) is 2.29. The second kappa shape index (κ2) is 5.56. The van der Waals surface area contributed by atoms with E-state index in [0.717, 1.165) is 15.9 Å². The molecular weight excluding hydrogens is 298 g/mol. The minimum absolute atomic E-state index is 0.268. The molecule has 1 heterocycles. The summed E-state index contributed by atoms with van der Waals surface area (Å²) >= 11 is 5.18. The second-order valence-corrected chi connectivity index (χ2v) is 5.46. The molecule has 2 aromatic rings. The predicted molar refractivity (Wildman–Crippen MR) is 77.1 cm³/mol. The van der Waals surface area contributed by atoms with Gasteiger partial charge in [-0.1, -0.05) is 15.9 Å². The Morgan fingerprint density at radius 3 is 2.82 bits per heavy atom. The van der Waals surface area contributed by atoms with Gasteiger partial charge in [-0.25, -0.2) is 0 Å². The zero-order valence-corrected chi connectivity index (χ0v) is 12.1. The molecule has 0 saturated carbocycles. The van der Waals surface area contributed by atoms with E-state index >= 15 is 0 Å². The third-order valence-corrected chi connectivity index (χ3v) is 3.77. The van der Waals surface area contributed by atoms with E-state index in [1.165, 1.54) is 5.56 Å². The van der Waals surface area contributed by atoms with E-state index in [1.54, 1.807) is 18.4 Å². The first-order chi connectivity index (χ1) is 8.20. The van der Waals surface area contributed by atoms with Crippen LogP contribution < -0.4 is 10.1 Å². The molecule has 17 heavy (non-hydrogen) atoms. The first-order valence-corrected chi connectivity index (χ1v) is 7.06. The van der Waals surface area contributed by atoms with Crippen LogP contribution in [0.15, 0.2) is 39.5 Å². The Kier molecular flexibility index (Phi) is 4.07. The second-order valence-electron chi connectivity index (χ2n) is 3.77. The molecule has 1 aromatic heterocycles. The van der Waals surface area contributed by atoms with Crippen LogP contribution >= 0.6 is 27.3 Å². The third-order valence-electron chi connectivity index (χ3n) is 2.58. The molecule has 0 fully saturated rings. The van der Waals surface area contributed by atoms with E-state index in [9.17, 15) is 0 Å². The van der Waals surface area contributed by atoms with Gasteiger partial charge in [-0.05, 0) is 47.5 Å². The number of ether oxygens (including phenoxy) is 1. The fraction of sp³-hybridized carbons (Fsp3) is 0.231. The molecule has 0 amide bonds. The van der Waals surface area contributed by atoms with Crippen molar-refractivity contribution in [2.75, 3.05) is 12.4 Å². The van der Waals surface area contributed by atoms with E-state index in [4.69, 9.17) is 4.74 Å². The first kappa shape index (κ1) is 12.5. The average Bonchev–Trinajstić information content (AvgIpc) is 2.83. The van der Waals surface area contributed by atoms with Crippen LogP contribution in [0.5, 0.6) is 5.75 Å². The van der Waals surface area contributed by atoms with Gasteiger partial charge < -0.3 is 10.1 Å².